The Morgan fingerprint density at radius 3 is 2.17 bits per heavy atom. The minimum Gasteiger partial charge on any atom is -0.308 e. The number of carbonyl (C=O) groups is 1. The number of hydrogen-bond donors (Lipinski definition) is 1. The van der Waals surface area contributed by atoms with Gasteiger partial charge in [-0.2, -0.15) is 0 Å². The number of ketones is 1. The van der Waals surface area contributed by atoms with Gasteiger partial charge in [0.1, 0.15) is 0 Å². The fourth-order valence-electron chi connectivity index (χ4n) is 1.73. The number of benzene rings is 1. The van der Waals surface area contributed by atoms with Crippen LogP contribution in [0.25, 0.3) is 0 Å². The average molecular weight is 247 g/mol. The first-order valence-corrected chi connectivity index (χ1v) is 6.63. The van der Waals surface area contributed by atoms with Gasteiger partial charge < -0.3 is 5.32 Å². The van der Waals surface area contributed by atoms with Crippen LogP contribution in [0.2, 0.25) is 0 Å². The number of carbonyl (C=O) groups excluding carboxylic acids is 1. The van der Waals surface area contributed by atoms with Gasteiger partial charge in [0, 0.05) is 12.5 Å². The molecule has 0 bridgehead atoms. The van der Waals surface area contributed by atoms with Gasteiger partial charge in [0.2, 0.25) is 0 Å². The van der Waals surface area contributed by atoms with Gasteiger partial charge in [0.15, 0.2) is 5.78 Å². The molecule has 0 aliphatic rings. The van der Waals surface area contributed by atoms with Gasteiger partial charge in [-0.25, -0.2) is 0 Å². The van der Waals surface area contributed by atoms with Crippen LogP contribution < -0.4 is 5.32 Å². The highest BCUT2D eigenvalue weighted by molar-refractivity contribution is 5.82. The Labute approximate surface area is 111 Å². The van der Waals surface area contributed by atoms with E-state index < -0.39 is 0 Å². The largest absolute Gasteiger partial charge is 0.308 e. The van der Waals surface area contributed by atoms with Crippen molar-refractivity contribution in [2.24, 2.45) is 0 Å². The molecule has 0 saturated heterocycles. The van der Waals surface area contributed by atoms with Crippen molar-refractivity contribution < 1.29 is 4.79 Å². The summed E-state index contributed by atoms with van der Waals surface area (Å²) in [6.07, 6.45) is 0.518. The minimum atomic E-state index is 0.168. The van der Waals surface area contributed by atoms with Gasteiger partial charge in [-0.05, 0) is 16.5 Å². The van der Waals surface area contributed by atoms with E-state index in [1.807, 2.05) is 13.8 Å². The van der Waals surface area contributed by atoms with Crippen molar-refractivity contribution in [3.05, 3.63) is 35.4 Å². The molecule has 0 unspecified atom stereocenters. The Morgan fingerprint density at radius 2 is 1.72 bits per heavy atom. The van der Waals surface area contributed by atoms with E-state index in [0.717, 1.165) is 5.56 Å². The second-order valence-electron chi connectivity index (χ2n) is 6.20. The first kappa shape index (κ1) is 14.9. The summed E-state index contributed by atoms with van der Waals surface area (Å²) >= 11 is 0. The van der Waals surface area contributed by atoms with E-state index in [1.165, 1.54) is 5.56 Å². The van der Waals surface area contributed by atoms with Crippen LogP contribution in [0.15, 0.2) is 24.3 Å². The zero-order chi connectivity index (χ0) is 13.8. The van der Waals surface area contributed by atoms with Crippen molar-refractivity contribution in [2.45, 2.75) is 52.5 Å². The number of nitrogens with one attached hydrogen (secondary N) is 1. The van der Waals surface area contributed by atoms with Crippen molar-refractivity contribution in [1.29, 1.82) is 0 Å². The number of Topliss-reactive ketones (excluding diaryl/α,β-unsaturated/α-hetero) is 1. The van der Waals surface area contributed by atoms with Gasteiger partial charge in [-0.3, -0.25) is 4.79 Å². The third kappa shape index (κ3) is 5.01. The van der Waals surface area contributed by atoms with Crippen molar-refractivity contribution >= 4 is 5.78 Å². The molecule has 1 rings (SSSR count). The highest BCUT2D eigenvalue weighted by Crippen LogP contribution is 2.22. The molecule has 0 spiro atoms. The Bertz CT molecular complexity index is 385. The molecule has 0 aromatic heterocycles. The van der Waals surface area contributed by atoms with Crippen molar-refractivity contribution in [2.75, 3.05) is 6.54 Å². The maximum absolute atomic E-state index is 11.7. The van der Waals surface area contributed by atoms with Crippen molar-refractivity contribution in [1.82, 2.24) is 5.32 Å². The summed E-state index contributed by atoms with van der Waals surface area (Å²) < 4.78 is 0. The summed E-state index contributed by atoms with van der Waals surface area (Å²) in [6.45, 7) is 11.1. The van der Waals surface area contributed by atoms with Crippen molar-refractivity contribution in [3.63, 3.8) is 0 Å². The van der Waals surface area contributed by atoms with Crippen LogP contribution in [0.3, 0.4) is 0 Å². The Hall–Kier alpha value is -1.15. The predicted octanol–water partition coefficient (Wildman–Crippen LogP) is 3.09. The van der Waals surface area contributed by atoms with Crippen LogP contribution in [0.4, 0.5) is 0 Å². The zero-order valence-corrected chi connectivity index (χ0v) is 12.2. The first-order valence-electron chi connectivity index (χ1n) is 6.63. The van der Waals surface area contributed by atoms with Gasteiger partial charge in [0.05, 0.1) is 6.54 Å². The second kappa shape index (κ2) is 6.14. The summed E-state index contributed by atoms with van der Waals surface area (Å²) in [5, 5.41) is 3.15. The lowest BCUT2D eigenvalue weighted by atomic mass is 9.86. The second-order valence-corrected chi connectivity index (χ2v) is 6.20. The third-order valence-corrected chi connectivity index (χ3v) is 2.93. The van der Waals surface area contributed by atoms with Gasteiger partial charge in [0.25, 0.3) is 0 Å². The minimum absolute atomic E-state index is 0.168. The van der Waals surface area contributed by atoms with Crippen LogP contribution in [0.5, 0.6) is 0 Å². The first-order chi connectivity index (χ1) is 8.29. The molecule has 0 aliphatic heterocycles. The fourth-order valence-corrected chi connectivity index (χ4v) is 1.73. The van der Waals surface area contributed by atoms with Crippen LogP contribution in [0, 0.1) is 0 Å². The van der Waals surface area contributed by atoms with Gasteiger partial charge in [-0.1, -0.05) is 58.9 Å². The van der Waals surface area contributed by atoms with Crippen LogP contribution in [-0.4, -0.2) is 18.4 Å². The highest BCUT2D eigenvalue weighted by atomic mass is 16.1. The van der Waals surface area contributed by atoms with E-state index in [9.17, 15) is 4.79 Å². The topological polar surface area (TPSA) is 29.1 Å². The van der Waals surface area contributed by atoms with Crippen LogP contribution in [-0.2, 0) is 16.6 Å². The van der Waals surface area contributed by atoms with Crippen molar-refractivity contribution in [3.8, 4) is 0 Å². The normalized spacial score (nSPS) is 11.9. The average Bonchev–Trinajstić information content (AvgIpc) is 2.26. The molecular weight excluding hydrogens is 222 g/mol. The Balaban J connectivity index is 2.56. The molecule has 0 aliphatic carbocycles. The molecule has 0 atom stereocenters. The molecule has 100 valence electrons. The molecule has 1 aromatic carbocycles. The quantitative estimate of drug-likeness (QED) is 0.866. The molecule has 2 heteroatoms. The molecule has 1 N–H and O–H groups in total. The summed E-state index contributed by atoms with van der Waals surface area (Å²) in [7, 11) is 0. The molecule has 18 heavy (non-hydrogen) atoms. The predicted molar refractivity (Wildman–Crippen MR) is 77.0 cm³/mol. The molecule has 0 heterocycles. The van der Waals surface area contributed by atoms with E-state index in [0.29, 0.717) is 19.0 Å². The molecule has 0 fully saturated rings. The molecule has 1 aromatic rings. The van der Waals surface area contributed by atoms with E-state index >= 15 is 0 Å². The lowest BCUT2D eigenvalue weighted by Gasteiger charge is -2.19. The molecular formula is C16H25NO. The number of rotatable bonds is 5. The monoisotopic (exact) mass is 247 g/mol. The maximum atomic E-state index is 11.7. The summed E-state index contributed by atoms with van der Waals surface area (Å²) in [5.74, 6) is 0.243. The van der Waals surface area contributed by atoms with E-state index in [-0.39, 0.29) is 11.2 Å². The SMILES string of the molecule is CC(C)NCC(=O)Cc1ccc(C(C)(C)C)cc1. The van der Waals surface area contributed by atoms with E-state index in [1.54, 1.807) is 0 Å². The molecule has 2 nitrogen and oxygen atoms in total. The number of hydrogen-bond acceptors (Lipinski definition) is 2. The summed E-state index contributed by atoms with van der Waals surface area (Å²) in [6, 6.07) is 8.73. The zero-order valence-electron chi connectivity index (χ0n) is 12.2. The lowest BCUT2D eigenvalue weighted by Crippen LogP contribution is -2.29. The summed E-state index contributed by atoms with van der Waals surface area (Å²) in [4.78, 5) is 11.7. The van der Waals surface area contributed by atoms with E-state index in [2.05, 4.69) is 50.4 Å². The van der Waals surface area contributed by atoms with Crippen LogP contribution >= 0.6 is 0 Å². The summed E-state index contributed by atoms with van der Waals surface area (Å²) in [5.41, 5.74) is 2.57. The maximum Gasteiger partial charge on any atom is 0.150 e. The third-order valence-electron chi connectivity index (χ3n) is 2.93. The van der Waals surface area contributed by atoms with E-state index in [4.69, 9.17) is 0 Å². The lowest BCUT2D eigenvalue weighted by molar-refractivity contribution is -0.117. The molecule has 0 amide bonds. The highest BCUT2D eigenvalue weighted by Gasteiger charge is 2.13. The van der Waals surface area contributed by atoms with Gasteiger partial charge in [-0.15, -0.1) is 0 Å². The fraction of sp³-hybridized carbons (Fsp3) is 0.562. The van der Waals surface area contributed by atoms with Crippen LogP contribution in [0.1, 0.15) is 45.7 Å². The standard InChI is InChI=1S/C16H25NO/c1-12(2)17-11-15(18)10-13-6-8-14(9-7-13)16(3,4)5/h6-9,12,17H,10-11H2,1-5H3. The Kier molecular flexibility index (Phi) is 5.09. The Morgan fingerprint density at radius 1 is 1.17 bits per heavy atom. The van der Waals surface area contributed by atoms with Gasteiger partial charge >= 0.3 is 0 Å². The molecule has 0 saturated carbocycles. The smallest absolute Gasteiger partial charge is 0.150 e. The molecule has 0 radical (unpaired) electrons.